The molecule has 0 amide bonds. The molecule has 1 unspecified atom stereocenters. The van der Waals surface area contributed by atoms with Crippen LogP contribution in [0.25, 0.3) is 0 Å². The smallest absolute Gasteiger partial charge is 0.281 e. The Morgan fingerprint density at radius 2 is 1.42 bits per heavy atom. The highest BCUT2D eigenvalue weighted by Crippen LogP contribution is 2.60. The Bertz CT molecular complexity index is 562. The minimum Gasteiger partial charge on any atom is -0.281 e. The predicted octanol–water partition coefficient (Wildman–Crippen LogP) is 5.79. The molecule has 24 heavy (non-hydrogen) atoms. The number of benzene rings is 2. The van der Waals surface area contributed by atoms with Crippen LogP contribution in [0, 0.1) is 0 Å². The van der Waals surface area contributed by atoms with Crippen molar-refractivity contribution >= 4 is 13.2 Å². The summed E-state index contributed by atoms with van der Waals surface area (Å²) in [6.45, 7) is 5.38. The molecule has 0 fully saturated rings. The van der Waals surface area contributed by atoms with Crippen LogP contribution >= 0.6 is 7.94 Å². The van der Waals surface area contributed by atoms with Crippen LogP contribution < -0.4 is 9.83 Å². The molecule has 2 aromatic rings. The van der Waals surface area contributed by atoms with Crippen LogP contribution in [0.3, 0.4) is 0 Å². The van der Waals surface area contributed by atoms with Crippen LogP contribution in [-0.4, -0.2) is 13.2 Å². The summed E-state index contributed by atoms with van der Waals surface area (Å²) in [6.07, 6.45) is 4.63. The van der Waals surface area contributed by atoms with Gasteiger partial charge in [0.25, 0.3) is 0 Å². The number of unbranched alkanes of at least 4 members (excludes halogenated alkanes) is 3. The molecule has 0 radical (unpaired) electrons. The van der Waals surface area contributed by atoms with Crippen molar-refractivity contribution in [1.29, 1.82) is 0 Å². The number of hydrogen-bond donors (Lipinski definition) is 0. The van der Waals surface area contributed by atoms with Crippen molar-refractivity contribution in [2.75, 3.05) is 13.2 Å². The van der Waals surface area contributed by atoms with Crippen LogP contribution in [0.1, 0.15) is 39.5 Å². The summed E-state index contributed by atoms with van der Waals surface area (Å²) in [6, 6.07) is 19.8. The quantitative estimate of drug-likeness (QED) is 0.380. The predicted molar refractivity (Wildman–Crippen MR) is 102 cm³/mol. The molecular weight excluding hydrogens is 319 g/mol. The van der Waals surface area contributed by atoms with Gasteiger partial charge in [-0.3, -0.25) is 4.52 Å². The first kappa shape index (κ1) is 18.9. The largest absolute Gasteiger partial charge is 0.492 e. The third-order valence-electron chi connectivity index (χ3n) is 3.60. The lowest BCUT2D eigenvalue weighted by Gasteiger charge is -2.22. The Kier molecular flexibility index (Phi) is 8.24. The summed E-state index contributed by atoms with van der Waals surface area (Å²) < 4.78 is 18.7. The fourth-order valence-electron chi connectivity index (χ4n) is 2.41. The van der Waals surface area contributed by atoms with E-state index in [-0.39, 0.29) is 0 Å². The third kappa shape index (κ3) is 5.59. The molecule has 0 saturated heterocycles. The van der Waals surface area contributed by atoms with E-state index in [2.05, 4.69) is 6.92 Å². The van der Waals surface area contributed by atoms with Gasteiger partial charge in [0.2, 0.25) is 0 Å². The summed E-state index contributed by atoms with van der Waals surface area (Å²) >= 11 is 0. The summed E-state index contributed by atoms with van der Waals surface area (Å²) in [4.78, 5) is 0. The molecule has 1 atom stereocenters. The fraction of sp³-hybridized carbons (Fsp3) is 0.400. The average molecular weight is 347 g/mol. The first-order valence-corrected chi connectivity index (χ1v) is 10.3. The van der Waals surface area contributed by atoms with E-state index in [1.165, 1.54) is 19.3 Å². The molecule has 0 saturated carbocycles. The van der Waals surface area contributed by atoms with Crippen LogP contribution in [-0.2, 0) is 9.05 Å². The monoisotopic (exact) mass is 347 g/mol. The number of para-hydroxylation sites is 1. The van der Waals surface area contributed by atoms with E-state index >= 15 is 0 Å². The van der Waals surface area contributed by atoms with E-state index in [9.17, 15) is 0 Å². The average Bonchev–Trinajstić information content (AvgIpc) is 2.63. The summed E-state index contributed by atoms with van der Waals surface area (Å²) in [5.41, 5.74) is 0. The van der Waals surface area contributed by atoms with Crippen molar-refractivity contribution in [3.63, 3.8) is 0 Å². The van der Waals surface area contributed by atoms with Crippen molar-refractivity contribution in [3.8, 4) is 5.75 Å². The third-order valence-corrected chi connectivity index (χ3v) is 6.10. The van der Waals surface area contributed by atoms with Gasteiger partial charge >= 0.3 is 7.94 Å². The lowest BCUT2D eigenvalue weighted by Crippen LogP contribution is -2.22. The summed E-state index contributed by atoms with van der Waals surface area (Å²) in [5.74, 6) is 0.775. The van der Waals surface area contributed by atoms with Gasteiger partial charge in [0.15, 0.2) is 11.1 Å². The molecule has 2 rings (SSSR count). The fourth-order valence-corrected chi connectivity index (χ4v) is 4.64. The van der Waals surface area contributed by atoms with Gasteiger partial charge in [-0.1, -0.05) is 62.6 Å². The first-order chi connectivity index (χ1) is 11.8. The van der Waals surface area contributed by atoms with Crippen LogP contribution in [0.2, 0.25) is 0 Å². The zero-order valence-electron chi connectivity index (χ0n) is 14.7. The van der Waals surface area contributed by atoms with Crippen molar-refractivity contribution in [2.45, 2.75) is 39.5 Å². The first-order valence-electron chi connectivity index (χ1n) is 8.79. The maximum atomic E-state index is 6.30. The lowest BCUT2D eigenvalue weighted by molar-refractivity contribution is 0.195. The second-order valence-corrected chi connectivity index (χ2v) is 7.76. The molecule has 0 aliphatic rings. The summed E-state index contributed by atoms with van der Waals surface area (Å²) in [5, 5.41) is 0.978. The van der Waals surface area contributed by atoms with Crippen molar-refractivity contribution < 1.29 is 13.6 Å². The van der Waals surface area contributed by atoms with Gasteiger partial charge in [-0.05, 0) is 37.6 Å². The molecule has 0 spiro atoms. The molecular formula is C20H28O3P+. The SMILES string of the molecule is CCCCCCO[P+](OCC)(Oc1ccccc1)c1ccccc1. The minimum absolute atomic E-state index is 0.546. The molecule has 130 valence electrons. The minimum atomic E-state index is -2.62. The van der Waals surface area contributed by atoms with E-state index in [1.807, 2.05) is 67.6 Å². The molecule has 2 aromatic carbocycles. The number of rotatable bonds is 11. The van der Waals surface area contributed by atoms with E-state index < -0.39 is 7.94 Å². The van der Waals surface area contributed by atoms with Crippen LogP contribution in [0.4, 0.5) is 0 Å². The lowest BCUT2D eigenvalue weighted by atomic mass is 10.2. The van der Waals surface area contributed by atoms with Gasteiger partial charge in [0, 0.05) is 0 Å². The maximum absolute atomic E-state index is 6.30. The van der Waals surface area contributed by atoms with Crippen LogP contribution in [0.5, 0.6) is 5.75 Å². The molecule has 0 heterocycles. The Morgan fingerprint density at radius 3 is 2.04 bits per heavy atom. The molecule has 0 aromatic heterocycles. The van der Waals surface area contributed by atoms with E-state index in [0.29, 0.717) is 13.2 Å². The Labute approximate surface area is 146 Å². The number of hydrogen-bond acceptors (Lipinski definition) is 3. The molecule has 0 N–H and O–H groups in total. The summed E-state index contributed by atoms with van der Waals surface area (Å²) in [7, 11) is -2.62. The van der Waals surface area contributed by atoms with Crippen molar-refractivity contribution in [2.24, 2.45) is 0 Å². The Balaban J connectivity index is 2.19. The highest BCUT2D eigenvalue weighted by atomic mass is 31.2. The van der Waals surface area contributed by atoms with E-state index in [1.54, 1.807) is 0 Å². The second kappa shape index (κ2) is 10.5. The van der Waals surface area contributed by atoms with Crippen LogP contribution in [0.15, 0.2) is 60.7 Å². The van der Waals surface area contributed by atoms with Gasteiger partial charge < -0.3 is 0 Å². The standard InChI is InChI=1S/C20H28O3P/c1-3-5-6-13-18-22-24(21-4-2,20-16-11-8-12-17-20)23-19-14-9-7-10-15-19/h7-12,14-17H,3-6,13,18H2,1-2H3/q+1. The molecule has 3 nitrogen and oxygen atoms in total. The zero-order valence-corrected chi connectivity index (χ0v) is 15.6. The second-order valence-electron chi connectivity index (χ2n) is 5.55. The van der Waals surface area contributed by atoms with Gasteiger partial charge in [-0.2, -0.15) is 9.05 Å². The zero-order chi connectivity index (χ0) is 17.1. The van der Waals surface area contributed by atoms with Crippen molar-refractivity contribution in [3.05, 3.63) is 60.7 Å². The van der Waals surface area contributed by atoms with Crippen molar-refractivity contribution in [1.82, 2.24) is 0 Å². The molecule has 4 heteroatoms. The van der Waals surface area contributed by atoms with Gasteiger partial charge in [-0.25, -0.2) is 0 Å². The topological polar surface area (TPSA) is 27.7 Å². The highest BCUT2D eigenvalue weighted by Gasteiger charge is 2.49. The Morgan fingerprint density at radius 1 is 0.750 bits per heavy atom. The van der Waals surface area contributed by atoms with E-state index in [0.717, 1.165) is 17.5 Å². The van der Waals surface area contributed by atoms with Gasteiger partial charge in [0.05, 0.1) is 13.2 Å². The highest BCUT2D eigenvalue weighted by molar-refractivity contribution is 7.69. The van der Waals surface area contributed by atoms with E-state index in [4.69, 9.17) is 13.6 Å². The van der Waals surface area contributed by atoms with Gasteiger partial charge in [0.1, 0.15) is 0 Å². The molecule has 0 aliphatic carbocycles. The molecule has 0 aliphatic heterocycles. The van der Waals surface area contributed by atoms with Gasteiger partial charge in [-0.15, -0.1) is 0 Å². The molecule has 0 bridgehead atoms. The normalized spacial score (nSPS) is 13.4. The Hall–Kier alpha value is -1.41. The maximum Gasteiger partial charge on any atom is 0.492 e.